The molecule has 0 aliphatic rings. The Labute approximate surface area is 122 Å². The molecule has 0 aromatic heterocycles. The molecule has 0 aliphatic carbocycles. The molecule has 1 rings (SSSR count). The first-order valence-corrected chi connectivity index (χ1v) is 6.67. The predicted molar refractivity (Wildman–Crippen MR) is 76.8 cm³/mol. The third-order valence-corrected chi connectivity index (χ3v) is 2.94. The van der Waals surface area contributed by atoms with Gasteiger partial charge in [-0.1, -0.05) is 18.2 Å². The van der Waals surface area contributed by atoms with Crippen molar-refractivity contribution in [3.8, 4) is 0 Å². The lowest BCUT2D eigenvalue weighted by Gasteiger charge is -2.24. The molecule has 21 heavy (non-hydrogen) atoms. The zero-order chi connectivity index (χ0) is 15.9. The number of hydrogen-bond acceptors (Lipinski definition) is 2. The van der Waals surface area contributed by atoms with Crippen LogP contribution < -0.4 is 10.6 Å². The Morgan fingerprint density at radius 2 is 2.10 bits per heavy atom. The van der Waals surface area contributed by atoms with E-state index >= 15 is 0 Å². The van der Waals surface area contributed by atoms with Crippen LogP contribution in [0.2, 0.25) is 0 Å². The number of rotatable bonds is 6. The Hall–Kier alpha value is -1.95. The maximum Gasteiger partial charge on any atom is 0.314 e. The molecular weight excluding hydrogens is 278 g/mol. The molecule has 1 aromatic rings. The second-order valence-corrected chi connectivity index (χ2v) is 4.87. The van der Waals surface area contributed by atoms with E-state index in [0.717, 1.165) is 12.1 Å². The van der Waals surface area contributed by atoms with Crippen LogP contribution in [0.5, 0.6) is 0 Å². The Morgan fingerprint density at radius 3 is 2.71 bits per heavy atom. The summed E-state index contributed by atoms with van der Waals surface area (Å²) >= 11 is 0. The van der Waals surface area contributed by atoms with Crippen LogP contribution in [-0.2, 0) is 5.60 Å². The molecule has 0 fully saturated rings. The summed E-state index contributed by atoms with van der Waals surface area (Å²) in [6.07, 6.45) is 4.49. The fraction of sp³-hybridized carbons (Fsp3) is 0.400. The average Bonchev–Trinajstić information content (AvgIpc) is 2.41. The molecule has 1 aromatic carbocycles. The van der Waals surface area contributed by atoms with Gasteiger partial charge in [0.2, 0.25) is 0 Å². The number of halogens is 2. The van der Waals surface area contributed by atoms with E-state index in [2.05, 4.69) is 10.6 Å². The first-order chi connectivity index (χ1) is 9.86. The molecule has 0 bridgehead atoms. The summed E-state index contributed by atoms with van der Waals surface area (Å²) in [6, 6.07) is 2.46. The molecule has 0 heterocycles. The monoisotopic (exact) mass is 298 g/mol. The molecule has 0 spiro atoms. The van der Waals surface area contributed by atoms with E-state index in [-0.39, 0.29) is 12.1 Å². The summed E-state index contributed by atoms with van der Waals surface area (Å²) in [4.78, 5) is 11.5. The van der Waals surface area contributed by atoms with Crippen LogP contribution in [-0.4, -0.2) is 24.2 Å². The van der Waals surface area contributed by atoms with Crippen molar-refractivity contribution < 1.29 is 18.7 Å². The van der Waals surface area contributed by atoms with Gasteiger partial charge in [-0.15, -0.1) is 0 Å². The SMILES string of the molecule is CC=CCCNC(=O)NCC(C)(O)c1ccc(F)cc1F. The highest BCUT2D eigenvalue weighted by Gasteiger charge is 2.27. The number of nitrogens with one attached hydrogen (secondary N) is 2. The lowest BCUT2D eigenvalue weighted by atomic mass is 9.95. The van der Waals surface area contributed by atoms with Crippen molar-refractivity contribution in [1.82, 2.24) is 10.6 Å². The van der Waals surface area contributed by atoms with Crippen molar-refractivity contribution in [2.24, 2.45) is 0 Å². The molecule has 2 amide bonds. The molecule has 3 N–H and O–H groups in total. The third kappa shape index (κ3) is 5.51. The fourth-order valence-electron chi connectivity index (χ4n) is 1.77. The molecule has 1 unspecified atom stereocenters. The van der Waals surface area contributed by atoms with Crippen LogP contribution in [0.4, 0.5) is 13.6 Å². The predicted octanol–water partition coefficient (Wildman–Crippen LogP) is 2.44. The van der Waals surface area contributed by atoms with Crippen LogP contribution in [0.1, 0.15) is 25.8 Å². The number of allylic oxidation sites excluding steroid dienone is 1. The van der Waals surface area contributed by atoms with Crippen molar-refractivity contribution in [3.05, 3.63) is 47.5 Å². The second-order valence-electron chi connectivity index (χ2n) is 4.87. The van der Waals surface area contributed by atoms with Gasteiger partial charge in [0.1, 0.15) is 17.2 Å². The van der Waals surface area contributed by atoms with Gasteiger partial charge < -0.3 is 15.7 Å². The van der Waals surface area contributed by atoms with Crippen molar-refractivity contribution >= 4 is 6.03 Å². The highest BCUT2D eigenvalue weighted by atomic mass is 19.1. The lowest BCUT2D eigenvalue weighted by molar-refractivity contribution is 0.0555. The number of carbonyl (C=O) groups excluding carboxylic acids is 1. The van der Waals surface area contributed by atoms with E-state index in [1.807, 2.05) is 19.1 Å². The largest absolute Gasteiger partial charge is 0.383 e. The minimum atomic E-state index is -1.63. The van der Waals surface area contributed by atoms with E-state index < -0.39 is 23.3 Å². The van der Waals surface area contributed by atoms with Crippen LogP contribution in [0.3, 0.4) is 0 Å². The van der Waals surface area contributed by atoms with Crippen molar-refractivity contribution in [3.63, 3.8) is 0 Å². The summed E-state index contributed by atoms with van der Waals surface area (Å²) in [5.41, 5.74) is -1.70. The van der Waals surface area contributed by atoms with Crippen LogP contribution in [0.15, 0.2) is 30.4 Å². The van der Waals surface area contributed by atoms with Crippen molar-refractivity contribution in [1.29, 1.82) is 0 Å². The Bertz CT molecular complexity index is 516. The van der Waals surface area contributed by atoms with Crippen molar-refractivity contribution in [2.75, 3.05) is 13.1 Å². The fourth-order valence-corrected chi connectivity index (χ4v) is 1.77. The molecule has 4 nitrogen and oxygen atoms in total. The molecule has 116 valence electrons. The molecule has 0 saturated heterocycles. The first-order valence-electron chi connectivity index (χ1n) is 6.67. The molecular formula is C15H20F2N2O2. The molecule has 0 radical (unpaired) electrons. The highest BCUT2D eigenvalue weighted by molar-refractivity contribution is 5.73. The third-order valence-electron chi connectivity index (χ3n) is 2.94. The number of urea groups is 1. The summed E-state index contributed by atoms with van der Waals surface area (Å²) in [5.74, 6) is -1.57. The average molecular weight is 298 g/mol. The van der Waals surface area contributed by atoms with Gasteiger partial charge in [0.05, 0.1) is 6.54 Å². The zero-order valence-electron chi connectivity index (χ0n) is 12.1. The van der Waals surface area contributed by atoms with E-state index in [0.29, 0.717) is 19.0 Å². The van der Waals surface area contributed by atoms with E-state index in [1.165, 1.54) is 6.92 Å². The van der Waals surface area contributed by atoms with Gasteiger partial charge >= 0.3 is 6.03 Å². The van der Waals surface area contributed by atoms with Crippen LogP contribution in [0.25, 0.3) is 0 Å². The zero-order valence-corrected chi connectivity index (χ0v) is 12.1. The first kappa shape index (κ1) is 17.1. The topological polar surface area (TPSA) is 61.4 Å². The summed E-state index contributed by atoms with van der Waals surface area (Å²) < 4.78 is 26.5. The second kappa shape index (κ2) is 7.73. The number of amides is 2. The lowest BCUT2D eigenvalue weighted by Crippen LogP contribution is -2.44. The number of carbonyl (C=O) groups is 1. The van der Waals surface area contributed by atoms with Gasteiger partial charge in [-0.3, -0.25) is 0 Å². The van der Waals surface area contributed by atoms with Gasteiger partial charge in [0.15, 0.2) is 0 Å². The molecule has 6 heteroatoms. The van der Waals surface area contributed by atoms with Gasteiger partial charge in [-0.2, -0.15) is 0 Å². The van der Waals surface area contributed by atoms with Crippen LogP contribution >= 0.6 is 0 Å². The normalized spacial score (nSPS) is 14.0. The van der Waals surface area contributed by atoms with Gasteiger partial charge in [-0.05, 0) is 26.3 Å². The Balaban J connectivity index is 2.54. The van der Waals surface area contributed by atoms with Gasteiger partial charge in [0, 0.05) is 18.2 Å². The number of hydrogen-bond donors (Lipinski definition) is 3. The molecule has 1 atom stereocenters. The van der Waals surface area contributed by atoms with Crippen molar-refractivity contribution in [2.45, 2.75) is 25.9 Å². The van der Waals surface area contributed by atoms with Crippen LogP contribution in [0, 0.1) is 11.6 Å². The molecule has 0 saturated carbocycles. The van der Waals surface area contributed by atoms with E-state index in [1.54, 1.807) is 0 Å². The van der Waals surface area contributed by atoms with Gasteiger partial charge in [0.25, 0.3) is 0 Å². The summed E-state index contributed by atoms with van der Waals surface area (Å²) in [5, 5.41) is 15.3. The smallest absolute Gasteiger partial charge is 0.314 e. The Morgan fingerprint density at radius 1 is 1.38 bits per heavy atom. The van der Waals surface area contributed by atoms with Gasteiger partial charge in [-0.25, -0.2) is 13.6 Å². The van der Waals surface area contributed by atoms with E-state index in [4.69, 9.17) is 0 Å². The minimum Gasteiger partial charge on any atom is -0.383 e. The Kier molecular flexibility index (Phi) is 6.30. The summed E-state index contributed by atoms with van der Waals surface area (Å²) in [7, 11) is 0. The molecule has 0 aliphatic heterocycles. The number of aliphatic hydroxyl groups is 1. The van der Waals surface area contributed by atoms with E-state index in [9.17, 15) is 18.7 Å². The minimum absolute atomic E-state index is 0.0712. The summed E-state index contributed by atoms with van der Waals surface area (Å²) in [6.45, 7) is 3.51. The quantitative estimate of drug-likeness (QED) is 0.558. The maximum absolute atomic E-state index is 13.6. The maximum atomic E-state index is 13.6. The number of benzene rings is 1. The standard InChI is InChI=1S/C15H20F2N2O2/c1-3-4-5-8-18-14(20)19-10-15(2,21)12-7-6-11(16)9-13(12)17/h3-4,6-7,9,21H,5,8,10H2,1-2H3,(H2,18,19,20). The highest BCUT2D eigenvalue weighted by Crippen LogP contribution is 2.23.